The molecule has 0 spiro atoms. The van der Waals surface area contributed by atoms with Crippen LogP contribution in [0, 0.1) is 0 Å². The maximum absolute atomic E-state index is 12.3. The monoisotopic (exact) mass is 404 g/mol. The van der Waals surface area contributed by atoms with Gasteiger partial charge in [-0.05, 0) is 59.4 Å². The van der Waals surface area contributed by atoms with E-state index in [1.54, 1.807) is 24.3 Å². The van der Waals surface area contributed by atoms with Crippen molar-refractivity contribution >= 4 is 41.7 Å². The van der Waals surface area contributed by atoms with E-state index in [2.05, 4.69) is 25.4 Å². The van der Waals surface area contributed by atoms with E-state index in [-0.39, 0.29) is 9.79 Å². The third-order valence-electron chi connectivity index (χ3n) is 2.83. The lowest BCUT2D eigenvalue weighted by Gasteiger charge is -2.10. The van der Waals surface area contributed by atoms with Crippen LogP contribution in [0.15, 0.2) is 62.8 Å². The Labute approximate surface area is 137 Å². The largest absolute Gasteiger partial charge is 0.278 e. The SMILES string of the molecule is CNS(=O)(=O)c1ccc(S(=O)(=O)Nc2ccccc2Br)cc1. The Kier molecular flexibility index (Phi) is 4.90. The minimum absolute atomic E-state index is 0.00478. The van der Waals surface area contributed by atoms with Crippen LogP contribution in [-0.4, -0.2) is 23.9 Å². The minimum atomic E-state index is -3.80. The first-order valence-corrected chi connectivity index (χ1v) is 9.83. The highest BCUT2D eigenvalue weighted by Crippen LogP contribution is 2.24. The molecule has 0 aromatic heterocycles. The van der Waals surface area contributed by atoms with Crippen LogP contribution in [0.1, 0.15) is 0 Å². The number of anilines is 1. The molecule has 0 saturated heterocycles. The summed E-state index contributed by atoms with van der Waals surface area (Å²) in [6.07, 6.45) is 0. The lowest BCUT2D eigenvalue weighted by Crippen LogP contribution is -2.19. The number of para-hydroxylation sites is 1. The molecule has 2 aromatic carbocycles. The van der Waals surface area contributed by atoms with Crippen LogP contribution < -0.4 is 9.44 Å². The van der Waals surface area contributed by atoms with Gasteiger partial charge >= 0.3 is 0 Å². The number of benzene rings is 2. The Morgan fingerprint density at radius 3 is 1.82 bits per heavy atom. The van der Waals surface area contributed by atoms with E-state index in [0.717, 1.165) is 0 Å². The minimum Gasteiger partial charge on any atom is -0.278 e. The molecule has 0 amide bonds. The van der Waals surface area contributed by atoms with Gasteiger partial charge in [0.15, 0.2) is 0 Å². The molecule has 2 aromatic rings. The van der Waals surface area contributed by atoms with Crippen molar-refractivity contribution in [3.05, 3.63) is 53.0 Å². The Morgan fingerprint density at radius 2 is 1.32 bits per heavy atom. The summed E-state index contributed by atoms with van der Waals surface area (Å²) >= 11 is 3.25. The molecule has 6 nitrogen and oxygen atoms in total. The number of hydrogen-bond acceptors (Lipinski definition) is 4. The molecule has 2 rings (SSSR count). The highest BCUT2D eigenvalue weighted by molar-refractivity contribution is 9.10. The fourth-order valence-electron chi connectivity index (χ4n) is 1.66. The lowest BCUT2D eigenvalue weighted by molar-refractivity contribution is 0.587. The standard InChI is InChI=1S/C13H13BrN2O4S2/c1-15-21(17,18)10-6-8-11(9-7-10)22(19,20)16-13-5-3-2-4-12(13)14/h2-9,15-16H,1H3. The van der Waals surface area contributed by atoms with Crippen molar-refractivity contribution < 1.29 is 16.8 Å². The Balaban J connectivity index is 2.33. The fourth-order valence-corrected chi connectivity index (χ4v) is 3.99. The van der Waals surface area contributed by atoms with Crippen molar-refractivity contribution in [1.29, 1.82) is 0 Å². The summed E-state index contributed by atoms with van der Waals surface area (Å²) in [4.78, 5) is -0.0341. The summed E-state index contributed by atoms with van der Waals surface area (Å²) in [5.74, 6) is 0. The summed E-state index contributed by atoms with van der Waals surface area (Å²) in [5, 5.41) is 0. The second-order valence-corrected chi connectivity index (χ2v) is 8.69. The molecule has 0 bridgehead atoms. The van der Waals surface area contributed by atoms with Crippen LogP contribution in [-0.2, 0) is 20.0 Å². The molecule has 9 heteroatoms. The molecule has 2 N–H and O–H groups in total. The molecule has 0 saturated carbocycles. The van der Waals surface area contributed by atoms with Crippen LogP contribution in [0.4, 0.5) is 5.69 Å². The van der Waals surface area contributed by atoms with Gasteiger partial charge in [-0.3, -0.25) is 4.72 Å². The smallest absolute Gasteiger partial charge is 0.261 e. The summed E-state index contributed by atoms with van der Waals surface area (Å²) in [6, 6.07) is 11.7. The van der Waals surface area contributed by atoms with E-state index in [1.807, 2.05) is 0 Å². The van der Waals surface area contributed by atoms with E-state index in [1.165, 1.54) is 31.3 Å². The van der Waals surface area contributed by atoms with Gasteiger partial charge in [-0.25, -0.2) is 21.6 Å². The summed E-state index contributed by atoms with van der Waals surface area (Å²) < 4.78 is 53.0. The zero-order chi connectivity index (χ0) is 16.4. The molecule has 0 radical (unpaired) electrons. The first-order chi connectivity index (χ1) is 10.3. The number of rotatable bonds is 5. The molecule has 0 heterocycles. The van der Waals surface area contributed by atoms with Gasteiger partial charge in [0, 0.05) is 4.47 Å². The molecule has 0 atom stereocenters. The molecule has 0 unspecified atom stereocenters. The van der Waals surface area contributed by atoms with E-state index < -0.39 is 20.0 Å². The van der Waals surface area contributed by atoms with Gasteiger partial charge in [0.05, 0.1) is 15.5 Å². The second kappa shape index (κ2) is 6.37. The normalized spacial score (nSPS) is 12.1. The van der Waals surface area contributed by atoms with Gasteiger partial charge in [-0.1, -0.05) is 12.1 Å². The average molecular weight is 405 g/mol. The van der Waals surface area contributed by atoms with Crippen LogP contribution in [0.2, 0.25) is 0 Å². The first-order valence-electron chi connectivity index (χ1n) is 6.07. The predicted molar refractivity (Wildman–Crippen MR) is 87.6 cm³/mol. The van der Waals surface area contributed by atoms with Crippen LogP contribution in [0.25, 0.3) is 0 Å². The molecule has 0 aliphatic rings. The molecular weight excluding hydrogens is 392 g/mol. The highest BCUT2D eigenvalue weighted by atomic mass is 79.9. The Bertz CT molecular complexity index is 879. The van der Waals surface area contributed by atoms with Crippen molar-refractivity contribution in [2.24, 2.45) is 0 Å². The topological polar surface area (TPSA) is 92.3 Å². The van der Waals surface area contributed by atoms with E-state index in [9.17, 15) is 16.8 Å². The van der Waals surface area contributed by atoms with Gasteiger partial charge in [0.1, 0.15) is 0 Å². The molecule has 22 heavy (non-hydrogen) atoms. The second-order valence-electron chi connectivity index (χ2n) is 4.26. The maximum Gasteiger partial charge on any atom is 0.261 e. The van der Waals surface area contributed by atoms with Crippen molar-refractivity contribution in [2.45, 2.75) is 9.79 Å². The maximum atomic E-state index is 12.3. The van der Waals surface area contributed by atoms with Crippen molar-refractivity contribution in [3.63, 3.8) is 0 Å². The van der Waals surface area contributed by atoms with Gasteiger partial charge in [0.25, 0.3) is 10.0 Å². The van der Waals surface area contributed by atoms with Gasteiger partial charge in [-0.2, -0.15) is 0 Å². The van der Waals surface area contributed by atoms with Gasteiger partial charge in [0.2, 0.25) is 10.0 Å². The van der Waals surface area contributed by atoms with Crippen LogP contribution in [0.3, 0.4) is 0 Å². The fraction of sp³-hybridized carbons (Fsp3) is 0.0769. The molecular formula is C13H13BrN2O4S2. The van der Waals surface area contributed by atoms with Gasteiger partial charge < -0.3 is 0 Å². The van der Waals surface area contributed by atoms with Crippen LogP contribution >= 0.6 is 15.9 Å². The van der Waals surface area contributed by atoms with E-state index >= 15 is 0 Å². The quantitative estimate of drug-likeness (QED) is 0.798. The van der Waals surface area contributed by atoms with Crippen molar-refractivity contribution in [2.75, 3.05) is 11.8 Å². The zero-order valence-electron chi connectivity index (χ0n) is 11.4. The first kappa shape index (κ1) is 16.9. The third-order valence-corrected chi connectivity index (χ3v) is 6.33. The molecule has 118 valence electrons. The number of halogens is 1. The molecule has 0 aliphatic carbocycles. The number of nitrogens with one attached hydrogen (secondary N) is 2. The van der Waals surface area contributed by atoms with Crippen LogP contribution in [0.5, 0.6) is 0 Å². The lowest BCUT2D eigenvalue weighted by atomic mass is 10.3. The Hall–Kier alpha value is -1.42. The van der Waals surface area contributed by atoms with Crippen molar-refractivity contribution in [1.82, 2.24) is 4.72 Å². The highest BCUT2D eigenvalue weighted by Gasteiger charge is 2.17. The predicted octanol–water partition coefficient (Wildman–Crippen LogP) is 2.16. The van der Waals surface area contributed by atoms with E-state index in [0.29, 0.717) is 10.2 Å². The number of hydrogen-bond donors (Lipinski definition) is 2. The van der Waals surface area contributed by atoms with E-state index in [4.69, 9.17) is 0 Å². The summed E-state index contributed by atoms with van der Waals surface area (Å²) in [7, 11) is -6.11. The van der Waals surface area contributed by atoms with Gasteiger partial charge in [-0.15, -0.1) is 0 Å². The summed E-state index contributed by atoms with van der Waals surface area (Å²) in [6.45, 7) is 0. The molecule has 0 fully saturated rings. The van der Waals surface area contributed by atoms with Crippen molar-refractivity contribution in [3.8, 4) is 0 Å². The molecule has 0 aliphatic heterocycles. The average Bonchev–Trinajstić information content (AvgIpc) is 2.49. The summed E-state index contributed by atoms with van der Waals surface area (Å²) in [5.41, 5.74) is 0.398. The Morgan fingerprint density at radius 1 is 0.818 bits per heavy atom. The zero-order valence-corrected chi connectivity index (χ0v) is 14.7. The number of sulfonamides is 2. The third kappa shape index (κ3) is 3.67.